The number of ether oxygens (including phenoxy) is 1. The SMILES string of the molecule is Cc1ccc(C)c(/C=C2\N=C(c3cccc(Br)c3)OC2=O)c1. The fraction of sp³-hybridized carbons (Fsp3) is 0.111. The summed E-state index contributed by atoms with van der Waals surface area (Å²) in [5.74, 6) is -0.0845. The van der Waals surface area contributed by atoms with Crippen LogP contribution in [0.5, 0.6) is 0 Å². The molecular formula is C18H14BrNO2. The van der Waals surface area contributed by atoms with Crippen molar-refractivity contribution in [3.8, 4) is 0 Å². The maximum Gasteiger partial charge on any atom is 0.363 e. The van der Waals surface area contributed by atoms with E-state index in [1.54, 1.807) is 6.08 Å². The Kier molecular flexibility index (Phi) is 3.94. The second kappa shape index (κ2) is 5.89. The van der Waals surface area contributed by atoms with Gasteiger partial charge in [-0.15, -0.1) is 0 Å². The van der Waals surface area contributed by atoms with Crippen LogP contribution in [0.4, 0.5) is 0 Å². The van der Waals surface area contributed by atoms with Crippen molar-refractivity contribution in [2.24, 2.45) is 4.99 Å². The second-order valence-corrected chi connectivity index (χ2v) is 6.12. The van der Waals surface area contributed by atoms with Crippen LogP contribution in [0.1, 0.15) is 22.3 Å². The maximum absolute atomic E-state index is 12.0. The molecule has 0 spiro atoms. The van der Waals surface area contributed by atoms with Gasteiger partial charge in [0.15, 0.2) is 5.70 Å². The number of rotatable bonds is 2. The molecule has 0 aromatic heterocycles. The highest BCUT2D eigenvalue weighted by molar-refractivity contribution is 9.10. The minimum Gasteiger partial charge on any atom is -0.402 e. The predicted molar refractivity (Wildman–Crippen MR) is 90.7 cm³/mol. The van der Waals surface area contributed by atoms with Crippen molar-refractivity contribution in [3.05, 3.63) is 74.9 Å². The van der Waals surface area contributed by atoms with Gasteiger partial charge in [0.1, 0.15) is 0 Å². The third-order valence-corrected chi connectivity index (χ3v) is 3.91. The minimum absolute atomic E-state index is 0.323. The van der Waals surface area contributed by atoms with Crippen molar-refractivity contribution < 1.29 is 9.53 Å². The van der Waals surface area contributed by atoms with Crippen LogP contribution in [0.25, 0.3) is 6.08 Å². The molecule has 0 saturated heterocycles. The zero-order valence-electron chi connectivity index (χ0n) is 12.3. The summed E-state index contributed by atoms with van der Waals surface area (Å²) < 4.78 is 6.19. The first-order valence-corrected chi connectivity index (χ1v) is 7.68. The van der Waals surface area contributed by atoms with Crippen LogP contribution in [-0.4, -0.2) is 11.9 Å². The van der Waals surface area contributed by atoms with E-state index >= 15 is 0 Å². The van der Waals surface area contributed by atoms with Crippen LogP contribution in [0.3, 0.4) is 0 Å². The Hall–Kier alpha value is -2.20. The smallest absolute Gasteiger partial charge is 0.363 e. The molecule has 22 heavy (non-hydrogen) atoms. The van der Waals surface area contributed by atoms with Crippen molar-refractivity contribution in [1.29, 1.82) is 0 Å². The van der Waals surface area contributed by atoms with Crippen LogP contribution in [0, 0.1) is 13.8 Å². The van der Waals surface area contributed by atoms with E-state index in [9.17, 15) is 4.79 Å². The van der Waals surface area contributed by atoms with Gasteiger partial charge in [0, 0.05) is 10.0 Å². The van der Waals surface area contributed by atoms with Gasteiger partial charge in [0.05, 0.1) is 0 Å². The summed E-state index contributed by atoms with van der Waals surface area (Å²) in [6, 6.07) is 13.6. The maximum atomic E-state index is 12.0. The molecule has 1 aliphatic rings. The summed E-state index contributed by atoms with van der Waals surface area (Å²) in [6.07, 6.45) is 1.77. The van der Waals surface area contributed by atoms with E-state index in [1.165, 1.54) is 0 Å². The fourth-order valence-corrected chi connectivity index (χ4v) is 2.62. The molecule has 4 heteroatoms. The fourth-order valence-electron chi connectivity index (χ4n) is 2.22. The van der Waals surface area contributed by atoms with Gasteiger partial charge in [0.25, 0.3) is 0 Å². The van der Waals surface area contributed by atoms with Gasteiger partial charge in [0.2, 0.25) is 5.90 Å². The molecule has 0 radical (unpaired) electrons. The molecule has 1 aliphatic heterocycles. The summed E-state index contributed by atoms with van der Waals surface area (Å²) in [5, 5.41) is 0. The normalized spacial score (nSPS) is 15.9. The monoisotopic (exact) mass is 355 g/mol. The first kappa shape index (κ1) is 14.7. The number of aryl methyl sites for hydroxylation is 2. The lowest BCUT2D eigenvalue weighted by atomic mass is 10.0. The molecule has 0 atom stereocenters. The molecule has 2 aromatic carbocycles. The number of hydrogen-bond acceptors (Lipinski definition) is 3. The molecule has 0 bridgehead atoms. The van der Waals surface area contributed by atoms with Gasteiger partial charge in [-0.2, -0.15) is 0 Å². The number of cyclic esters (lactones) is 1. The topological polar surface area (TPSA) is 38.7 Å². The highest BCUT2D eigenvalue weighted by atomic mass is 79.9. The van der Waals surface area contributed by atoms with Crippen molar-refractivity contribution in [3.63, 3.8) is 0 Å². The molecule has 3 rings (SSSR count). The van der Waals surface area contributed by atoms with Crippen LogP contribution >= 0.6 is 15.9 Å². The first-order valence-electron chi connectivity index (χ1n) is 6.89. The molecule has 2 aromatic rings. The van der Waals surface area contributed by atoms with Crippen molar-refractivity contribution in [2.75, 3.05) is 0 Å². The Balaban J connectivity index is 1.99. The van der Waals surface area contributed by atoms with Crippen molar-refractivity contribution in [2.45, 2.75) is 13.8 Å². The average Bonchev–Trinajstić information content (AvgIpc) is 2.84. The first-order chi connectivity index (χ1) is 10.5. The Morgan fingerprint density at radius 1 is 1.14 bits per heavy atom. The summed E-state index contributed by atoms with van der Waals surface area (Å²) >= 11 is 3.40. The second-order valence-electron chi connectivity index (χ2n) is 5.21. The molecule has 0 saturated carbocycles. The third-order valence-electron chi connectivity index (χ3n) is 3.42. The molecule has 0 fully saturated rings. The number of carbonyl (C=O) groups is 1. The average molecular weight is 356 g/mol. The largest absolute Gasteiger partial charge is 0.402 e. The van der Waals surface area contributed by atoms with E-state index < -0.39 is 5.97 Å². The van der Waals surface area contributed by atoms with E-state index in [1.807, 2.05) is 56.3 Å². The molecule has 110 valence electrons. The van der Waals surface area contributed by atoms with Crippen LogP contribution in [-0.2, 0) is 9.53 Å². The number of benzene rings is 2. The number of esters is 1. The van der Waals surface area contributed by atoms with Gasteiger partial charge in [-0.05, 0) is 49.2 Å². The molecule has 3 nitrogen and oxygen atoms in total. The van der Waals surface area contributed by atoms with E-state index in [0.29, 0.717) is 11.6 Å². The van der Waals surface area contributed by atoms with Crippen LogP contribution in [0.15, 0.2) is 57.6 Å². The number of halogens is 1. The van der Waals surface area contributed by atoms with E-state index in [-0.39, 0.29) is 0 Å². The number of nitrogens with zero attached hydrogens (tertiary/aromatic N) is 1. The van der Waals surface area contributed by atoms with Crippen molar-refractivity contribution >= 4 is 33.9 Å². The third kappa shape index (κ3) is 3.02. The van der Waals surface area contributed by atoms with Crippen molar-refractivity contribution in [1.82, 2.24) is 0 Å². The highest BCUT2D eigenvalue weighted by Gasteiger charge is 2.24. The molecule has 0 aliphatic carbocycles. The Labute approximate surface area is 137 Å². The summed E-state index contributed by atoms with van der Waals surface area (Å²) in [5.41, 5.74) is 4.30. The molecule has 1 heterocycles. The lowest BCUT2D eigenvalue weighted by molar-refractivity contribution is -0.129. The van der Waals surface area contributed by atoms with Gasteiger partial charge < -0.3 is 4.74 Å². The number of hydrogen-bond donors (Lipinski definition) is 0. The van der Waals surface area contributed by atoms with Gasteiger partial charge in [-0.25, -0.2) is 9.79 Å². The minimum atomic E-state index is -0.420. The number of aliphatic imine (C=N–C) groups is 1. The quantitative estimate of drug-likeness (QED) is 0.591. The van der Waals surface area contributed by atoms with E-state index in [4.69, 9.17) is 4.74 Å². The summed E-state index contributed by atoms with van der Waals surface area (Å²) in [6.45, 7) is 4.02. The van der Waals surface area contributed by atoms with E-state index in [0.717, 1.165) is 26.7 Å². The Morgan fingerprint density at radius 3 is 2.73 bits per heavy atom. The van der Waals surface area contributed by atoms with Gasteiger partial charge in [-0.1, -0.05) is 45.8 Å². The van der Waals surface area contributed by atoms with E-state index in [2.05, 4.69) is 20.9 Å². The van der Waals surface area contributed by atoms with Gasteiger partial charge >= 0.3 is 5.97 Å². The zero-order chi connectivity index (χ0) is 15.7. The lowest BCUT2D eigenvalue weighted by Crippen LogP contribution is -2.05. The summed E-state index contributed by atoms with van der Waals surface area (Å²) in [4.78, 5) is 16.4. The zero-order valence-corrected chi connectivity index (χ0v) is 13.8. The lowest BCUT2D eigenvalue weighted by Gasteiger charge is -2.01. The Morgan fingerprint density at radius 2 is 1.95 bits per heavy atom. The Bertz CT molecular complexity index is 822. The predicted octanol–water partition coefficient (Wildman–Crippen LogP) is 4.41. The van der Waals surface area contributed by atoms with Crippen LogP contribution in [0.2, 0.25) is 0 Å². The molecule has 0 N–H and O–H groups in total. The number of carbonyl (C=O) groups excluding carboxylic acids is 1. The molecular weight excluding hydrogens is 342 g/mol. The van der Waals surface area contributed by atoms with Gasteiger partial charge in [-0.3, -0.25) is 0 Å². The summed E-state index contributed by atoms with van der Waals surface area (Å²) in [7, 11) is 0. The van der Waals surface area contributed by atoms with Crippen LogP contribution < -0.4 is 0 Å². The molecule has 0 amide bonds. The molecule has 0 unspecified atom stereocenters. The standard InChI is InChI=1S/C18H14BrNO2/c1-11-6-7-12(2)14(8-11)10-16-18(21)22-17(20-16)13-4-3-5-15(19)9-13/h3-10H,1-2H3/b16-10-. The highest BCUT2D eigenvalue weighted by Crippen LogP contribution is 2.22.